The molecule has 0 saturated carbocycles. The number of carbonyl (C=O) groups excluding carboxylic acids is 1. The molecular formula is C19H15F2NO2. The van der Waals surface area contributed by atoms with Gasteiger partial charge in [-0.05, 0) is 28.5 Å². The Labute approximate surface area is 137 Å². The van der Waals surface area contributed by atoms with Gasteiger partial charge in [0, 0.05) is 12.6 Å². The Hall–Kier alpha value is -2.79. The second kappa shape index (κ2) is 6.76. The monoisotopic (exact) mass is 327 g/mol. The molecule has 5 heteroatoms. The number of aliphatic hydroxyl groups excluding tert-OH is 1. The van der Waals surface area contributed by atoms with E-state index in [1.807, 2.05) is 36.4 Å². The predicted octanol–water partition coefficient (Wildman–Crippen LogP) is 3.58. The molecule has 0 bridgehead atoms. The highest BCUT2D eigenvalue weighted by molar-refractivity contribution is 5.94. The van der Waals surface area contributed by atoms with E-state index in [0.29, 0.717) is 11.6 Å². The summed E-state index contributed by atoms with van der Waals surface area (Å²) < 4.78 is 26.5. The number of rotatable bonds is 4. The summed E-state index contributed by atoms with van der Waals surface area (Å²) in [4.78, 5) is 12.0. The molecule has 3 aromatic carbocycles. The van der Waals surface area contributed by atoms with Crippen LogP contribution in [0, 0.1) is 11.6 Å². The SMILES string of the molecule is O=C(NCC(O)c1cccc2ccccc12)c1ccc(F)cc1F. The van der Waals surface area contributed by atoms with Gasteiger partial charge in [-0.1, -0.05) is 42.5 Å². The second-order valence-electron chi connectivity index (χ2n) is 5.42. The summed E-state index contributed by atoms with van der Waals surface area (Å²) >= 11 is 0. The lowest BCUT2D eigenvalue weighted by Crippen LogP contribution is -2.29. The highest BCUT2D eigenvalue weighted by Crippen LogP contribution is 2.24. The summed E-state index contributed by atoms with van der Waals surface area (Å²) in [6.45, 7) is -0.0797. The molecular weight excluding hydrogens is 312 g/mol. The normalized spacial score (nSPS) is 12.1. The summed E-state index contributed by atoms with van der Waals surface area (Å²) in [6, 6.07) is 15.8. The molecule has 3 nitrogen and oxygen atoms in total. The Balaban J connectivity index is 1.75. The summed E-state index contributed by atoms with van der Waals surface area (Å²) in [6.07, 6.45) is -0.941. The Bertz CT molecular complexity index is 890. The van der Waals surface area contributed by atoms with E-state index in [9.17, 15) is 18.7 Å². The molecule has 3 rings (SSSR count). The first-order valence-corrected chi connectivity index (χ1v) is 7.45. The number of halogens is 2. The van der Waals surface area contributed by atoms with Crippen LogP contribution in [0.3, 0.4) is 0 Å². The van der Waals surface area contributed by atoms with E-state index in [-0.39, 0.29) is 12.1 Å². The molecule has 0 radical (unpaired) electrons. The van der Waals surface area contributed by atoms with Gasteiger partial charge in [-0.2, -0.15) is 0 Å². The van der Waals surface area contributed by atoms with Gasteiger partial charge < -0.3 is 10.4 Å². The van der Waals surface area contributed by atoms with Crippen LogP contribution in [0.15, 0.2) is 60.7 Å². The van der Waals surface area contributed by atoms with Gasteiger partial charge in [0.1, 0.15) is 11.6 Å². The first kappa shape index (κ1) is 16.1. The van der Waals surface area contributed by atoms with Gasteiger partial charge in [-0.3, -0.25) is 4.79 Å². The molecule has 0 spiro atoms. The van der Waals surface area contributed by atoms with Crippen molar-refractivity contribution in [3.63, 3.8) is 0 Å². The number of carbonyl (C=O) groups is 1. The number of aliphatic hydroxyl groups is 1. The lowest BCUT2D eigenvalue weighted by atomic mass is 10.0. The van der Waals surface area contributed by atoms with Crippen molar-refractivity contribution in [2.45, 2.75) is 6.10 Å². The van der Waals surface area contributed by atoms with Crippen molar-refractivity contribution in [2.24, 2.45) is 0 Å². The van der Waals surface area contributed by atoms with Crippen LogP contribution in [-0.4, -0.2) is 17.6 Å². The lowest BCUT2D eigenvalue weighted by Gasteiger charge is -2.15. The van der Waals surface area contributed by atoms with Crippen LogP contribution in [0.2, 0.25) is 0 Å². The number of nitrogens with one attached hydrogen (secondary N) is 1. The van der Waals surface area contributed by atoms with Gasteiger partial charge in [-0.25, -0.2) is 8.78 Å². The minimum Gasteiger partial charge on any atom is -0.387 e. The van der Waals surface area contributed by atoms with Crippen LogP contribution in [-0.2, 0) is 0 Å². The number of benzene rings is 3. The van der Waals surface area contributed by atoms with E-state index in [1.165, 1.54) is 0 Å². The molecule has 2 N–H and O–H groups in total. The van der Waals surface area contributed by atoms with Gasteiger partial charge in [-0.15, -0.1) is 0 Å². The van der Waals surface area contributed by atoms with Crippen molar-refractivity contribution < 1.29 is 18.7 Å². The molecule has 0 saturated heterocycles. The number of amides is 1. The third kappa shape index (κ3) is 3.26. The maximum absolute atomic E-state index is 13.6. The minimum absolute atomic E-state index is 0.0797. The average molecular weight is 327 g/mol. The molecule has 0 aromatic heterocycles. The maximum Gasteiger partial charge on any atom is 0.254 e. The maximum atomic E-state index is 13.6. The van der Waals surface area contributed by atoms with Crippen LogP contribution in [0.25, 0.3) is 10.8 Å². The standard InChI is InChI=1S/C19H15F2NO2/c20-13-8-9-16(17(21)10-13)19(24)22-11-18(23)15-7-3-5-12-4-1-2-6-14(12)15/h1-10,18,23H,11H2,(H,22,24). The molecule has 0 fully saturated rings. The Morgan fingerprint density at radius 2 is 1.79 bits per heavy atom. The smallest absolute Gasteiger partial charge is 0.254 e. The molecule has 0 aliphatic carbocycles. The predicted molar refractivity (Wildman–Crippen MR) is 87.6 cm³/mol. The fourth-order valence-electron chi connectivity index (χ4n) is 2.61. The molecule has 0 aliphatic heterocycles. The quantitative estimate of drug-likeness (QED) is 0.769. The van der Waals surface area contributed by atoms with E-state index in [0.717, 1.165) is 22.9 Å². The molecule has 0 heterocycles. The van der Waals surface area contributed by atoms with E-state index >= 15 is 0 Å². The van der Waals surface area contributed by atoms with Gasteiger partial charge in [0.15, 0.2) is 0 Å². The van der Waals surface area contributed by atoms with Crippen LogP contribution in [0.4, 0.5) is 8.78 Å². The van der Waals surface area contributed by atoms with Crippen molar-refractivity contribution in [3.05, 3.63) is 83.4 Å². The van der Waals surface area contributed by atoms with Crippen molar-refractivity contribution in [2.75, 3.05) is 6.54 Å². The van der Waals surface area contributed by atoms with Crippen LogP contribution < -0.4 is 5.32 Å². The van der Waals surface area contributed by atoms with E-state index < -0.39 is 23.6 Å². The van der Waals surface area contributed by atoms with E-state index in [1.54, 1.807) is 6.07 Å². The zero-order valence-electron chi connectivity index (χ0n) is 12.7. The summed E-state index contributed by atoms with van der Waals surface area (Å²) in [5, 5.41) is 14.7. The molecule has 24 heavy (non-hydrogen) atoms. The lowest BCUT2D eigenvalue weighted by molar-refractivity contribution is 0.0913. The van der Waals surface area contributed by atoms with Crippen LogP contribution >= 0.6 is 0 Å². The number of hydrogen-bond donors (Lipinski definition) is 2. The summed E-state index contributed by atoms with van der Waals surface area (Å²) in [5.74, 6) is -2.39. The van der Waals surface area contributed by atoms with Gasteiger partial charge >= 0.3 is 0 Å². The van der Waals surface area contributed by atoms with Crippen molar-refractivity contribution in [3.8, 4) is 0 Å². The van der Waals surface area contributed by atoms with E-state index in [2.05, 4.69) is 5.32 Å². The molecule has 1 unspecified atom stereocenters. The van der Waals surface area contributed by atoms with Crippen molar-refractivity contribution >= 4 is 16.7 Å². The molecule has 0 aliphatic rings. The topological polar surface area (TPSA) is 49.3 Å². The van der Waals surface area contributed by atoms with Gasteiger partial charge in [0.05, 0.1) is 11.7 Å². The zero-order chi connectivity index (χ0) is 17.1. The van der Waals surface area contributed by atoms with Crippen LogP contribution in [0.5, 0.6) is 0 Å². The Morgan fingerprint density at radius 1 is 1.04 bits per heavy atom. The molecule has 1 amide bonds. The molecule has 3 aromatic rings. The minimum atomic E-state index is -0.941. The average Bonchev–Trinajstić information content (AvgIpc) is 2.59. The summed E-state index contributed by atoms with van der Waals surface area (Å²) in [7, 11) is 0. The van der Waals surface area contributed by atoms with Gasteiger partial charge in [0.2, 0.25) is 0 Å². The number of fused-ring (bicyclic) bond motifs is 1. The van der Waals surface area contributed by atoms with Crippen LogP contribution in [0.1, 0.15) is 22.0 Å². The third-order valence-electron chi connectivity index (χ3n) is 3.81. The van der Waals surface area contributed by atoms with Crippen molar-refractivity contribution in [1.29, 1.82) is 0 Å². The molecule has 122 valence electrons. The fourth-order valence-corrected chi connectivity index (χ4v) is 2.61. The summed E-state index contributed by atoms with van der Waals surface area (Å²) in [5.41, 5.74) is 0.412. The third-order valence-corrected chi connectivity index (χ3v) is 3.81. The fraction of sp³-hybridized carbons (Fsp3) is 0.105. The number of hydrogen-bond acceptors (Lipinski definition) is 2. The Kier molecular flexibility index (Phi) is 4.53. The first-order chi connectivity index (χ1) is 11.6. The highest BCUT2D eigenvalue weighted by Gasteiger charge is 2.16. The largest absolute Gasteiger partial charge is 0.387 e. The first-order valence-electron chi connectivity index (χ1n) is 7.45. The molecule has 1 atom stereocenters. The van der Waals surface area contributed by atoms with Gasteiger partial charge in [0.25, 0.3) is 5.91 Å². The highest BCUT2D eigenvalue weighted by atomic mass is 19.1. The van der Waals surface area contributed by atoms with Crippen molar-refractivity contribution in [1.82, 2.24) is 5.32 Å². The Morgan fingerprint density at radius 3 is 2.58 bits per heavy atom. The van der Waals surface area contributed by atoms with E-state index in [4.69, 9.17) is 0 Å². The second-order valence-corrected chi connectivity index (χ2v) is 5.42. The zero-order valence-corrected chi connectivity index (χ0v) is 12.7.